The number of hydrogen-bond acceptors (Lipinski definition) is 4. The maximum Gasteiger partial charge on any atom is 0.252 e. The van der Waals surface area contributed by atoms with Gasteiger partial charge in [-0.25, -0.2) is 0 Å². The van der Waals surface area contributed by atoms with Crippen LogP contribution in [0.2, 0.25) is 5.02 Å². The fourth-order valence-electron chi connectivity index (χ4n) is 3.55. The lowest BCUT2D eigenvalue weighted by molar-refractivity contribution is 0.0997. The van der Waals surface area contributed by atoms with E-state index in [-0.39, 0.29) is 0 Å². The fourth-order valence-corrected chi connectivity index (χ4v) is 3.76. The van der Waals surface area contributed by atoms with Crippen LogP contribution >= 0.6 is 11.6 Å². The average molecular weight is 388 g/mol. The first-order chi connectivity index (χ1) is 13.1. The number of nitrogens with one attached hydrogen (secondary N) is 2. The predicted octanol–water partition coefficient (Wildman–Crippen LogP) is 3.96. The minimum atomic E-state index is -0.551. The highest BCUT2D eigenvalue weighted by Gasteiger charge is 2.22. The van der Waals surface area contributed by atoms with Gasteiger partial charge in [0.25, 0.3) is 5.91 Å². The second-order valence-electron chi connectivity index (χ2n) is 6.96. The van der Waals surface area contributed by atoms with Crippen molar-refractivity contribution in [3.05, 3.63) is 58.6 Å². The van der Waals surface area contributed by atoms with Crippen molar-refractivity contribution in [2.45, 2.75) is 44.3 Å². The van der Waals surface area contributed by atoms with E-state index in [9.17, 15) is 4.79 Å². The molecule has 0 atom stereocenters. The predicted molar refractivity (Wildman–Crippen MR) is 109 cm³/mol. The quantitative estimate of drug-likeness (QED) is 0.672. The Balaban J connectivity index is 1.54. The van der Waals surface area contributed by atoms with Crippen LogP contribution in [0.4, 0.5) is 5.69 Å². The Kier molecular flexibility index (Phi) is 6.58. The van der Waals surface area contributed by atoms with E-state index in [1.807, 2.05) is 6.07 Å². The number of anilines is 1. The third-order valence-corrected chi connectivity index (χ3v) is 5.39. The average Bonchev–Trinajstić information content (AvgIpc) is 2.69. The Morgan fingerprint density at radius 1 is 1.15 bits per heavy atom. The normalized spacial score (nSPS) is 19.5. The van der Waals surface area contributed by atoms with E-state index in [0.717, 1.165) is 37.9 Å². The Hall–Kier alpha value is -2.24. The van der Waals surface area contributed by atoms with E-state index >= 15 is 0 Å². The lowest BCUT2D eigenvalue weighted by atomic mass is 9.90. The lowest BCUT2D eigenvalue weighted by Gasteiger charge is -2.31. The number of carbonyl (C=O) groups is 1. The second kappa shape index (κ2) is 9.11. The van der Waals surface area contributed by atoms with Crippen LogP contribution in [0.25, 0.3) is 0 Å². The number of benzene rings is 2. The summed E-state index contributed by atoms with van der Waals surface area (Å²) in [5, 5.41) is 7.62. The summed E-state index contributed by atoms with van der Waals surface area (Å²) in [5.41, 5.74) is 7.76. The minimum absolute atomic E-state index is 0.293. The van der Waals surface area contributed by atoms with Gasteiger partial charge in [-0.3, -0.25) is 4.79 Å². The van der Waals surface area contributed by atoms with Gasteiger partial charge in [-0.2, -0.15) is 0 Å². The van der Waals surface area contributed by atoms with E-state index in [4.69, 9.17) is 22.1 Å². The maximum atomic E-state index is 11.5. The van der Waals surface area contributed by atoms with E-state index < -0.39 is 5.91 Å². The summed E-state index contributed by atoms with van der Waals surface area (Å²) in [4.78, 5) is 11.5. The molecular weight excluding hydrogens is 362 g/mol. The molecule has 2 aromatic carbocycles. The summed E-state index contributed by atoms with van der Waals surface area (Å²) in [6.07, 6.45) is 4.34. The number of primary amides is 1. The van der Waals surface area contributed by atoms with E-state index in [0.29, 0.717) is 28.4 Å². The van der Waals surface area contributed by atoms with E-state index in [2.05, 4.69) is 34.9 Å². The number of hydrogen-bond donors (Lipinski definition) is 3. The topological polar surface area (TPSA) is 76.4 Å². The second-order valence-corrected chi connectivity index (χ2v) is 7.36. The van der Waals surface area contributed by atoms with Crippen LogP contribution in [0.3, 0.4) is 0 Å². The summed E-state index contributed by atoms with van der Waals surface area (Å²) in [6, 6.07) is 14.7. The zero-order valence-electron chi connectivity index (χ0n) is 15.5. The Bertz CT molecular complexity index is 774. The molecule has 27 heavy (non-hydrogen) atoms. The van der Waals surface area contributed by atoms with Gasteiger partial charge in [0, 0.05) is 24.7 Å². The molecule has 0 heterocycles. The van der Waals surface area contributed by atoms with Crippen molar-refractivity contribution >= 4 is 23.2 Å². The Labute approximate surface area is 165 Å². The van der Waals surface area contributed by atoms with Crippen LogP contribution in [0.5, 0.6) is 5.75 Å². The molecule has 0 unspecified atom stereocenters. The molecule has 0 aromatic heterocycles. The first-order valence-electron chi connectivity index (χ1n) is 9.28. The number of rotatable bonds is 7. The smallest absolute Gasteiger partial charge is 0.252 e. The van der Waals surface area contributed by atoms with Crippen molar-refractivity contribution in [1.82, 2.24) is 5.32 Å². The number of carbonyl (C=O) groups excluding carboxylic acids is 1. The molecule has 0 spiro atoms. The molecule has 1 amide bonds. The van der Waals surface area contributed by atoms with Crippen LogP contribution < -0.4 is 21.1 Å². The highest BCUT2D eigenvalue weighted by Crippen LogP contribution is 2.33. The van der Waals surface area contributed by atoms with Crippen LogP contribution in [-0.2, 0) is 6.54 Å². The van der Waals surface area contributed by atoms with Crippen LogP contribution in [-0.4, -0.2) is 25.1 Å². The van der Waals surface area contributed by atoms with Gasteiger partial charge in [-0.15, -0.1) is 0 Å². The van der Waals surface area contributed by atoms with Crippen molar-refractivity contribution < 1.29 is 9.53 Å². The number of nitrogens with two attached hydrogens (primary N) is 1. The molecular formula is C21H26ClN3O2. The molecule has 4 N–H and O–H groups in total. The summed E-state index contributed by atoms with van der Waals surface area (Å²) in [6.45, 7) is 0.904. The van der Waals surface area contributed by atoms with Gasteiger partial charge in [0.15, 0.2) is 0 Å². The lowest BCUT2D eigenvalue weighted by Crippen LogP contribution is -2.36. The molecule has 1 aliphatic carbocycles. The molecule has 6 heteroatoms. The minimum Gasteiger partial charge on any atom is -0.496 e. The monoisotopic (exact) mass is 387 g/mol. The van der Waals surface area contributed by atoms with Crippen molar-refractivity contribution in [2.75, 3.05) is 12.4 Å². The Morgan fingerprint density at radius 3 is 2.44 bits per heavy atom. The molecule has 0 bridgehead atoms. The zero-order valence-corrected chi connectivity index (χ0v) is 16.3. The van der Waals surface area contributed by atoms with E-state index in [1.54, 1.807) is 12.1 Å². The Morgan fingerprint density at radius 2 is 1.81 bits per heavy atom. The van der Waals surface area contributed by atoms with Crippen molar-refractivity contribution in [2.24, 2.45) is 5.73 Å². The van der Waals surface area contributed by atoms with Gasteiger partial charge in [0.05, 0.1) is 23.4 Å². The van der Waals surface area contributed by atoms with Crippen LogP contribution in [0, 0.1) is 0 Å². The maximum absolute atomic E-state index is 11.5. The molecule has 1 fully saturated rings. The zero-order chi connectivity index (χ0) is 19.2. The number of halogens is 1. The van der Waals surface area contributed by atoms with Crippen molar-refractivity contribution in [3.63, 3.8) is 0 Å². The summed E-state index contributed by atoms with van der Waals surface area (Å²) in [5.74, 6) is -0.113. The molecule has 5 nitrogen and oxygen atoms in total. The largest absolute Gasteiger partial charge is 0.496 e. The number of methoxy groups -OCH3 is 1. The molecule has 3 rings (SSSR count). The van der Waals surface area contributed by atoms with E-state index in [1.165, 1.54) is 12.7 Å². The van der Waals surface area contributed by atoms with Gasteiger partial charge in [0.2, 0.25) is 0 Å². The molecule has 0 saturated heterocycles. The van der Waals surface area contributed by atoms with Crippen LogP contribution in [0.15, 0.2) is 42.5 Å². The van der Waals surface area contributed by atoms with Gasteiger partial charge < -0.3 is 21.1 Å². The third-order valence-electron chi connectivity index (χ3n) is 5.08. The first kappa shape index (κ1) is 19.5. The SMILES string of the molecule is COc1cc(N[C@H]2CC[C@H](NCc3ccccc3)CC2)c(Cl)cc1C(N)=O. The molecule has 144 valence electrons. The number of ether oxygens (including phenoxy) is 1. The number of amides is 1. The molecule has 2 aromatic rings. The van der Waals surface area contributed by atoms with Crippen molar-refractivity contribution in [1.29, 1.82) is 0 Å². The van der Waals surface area contributed by atoms with Crippen LogP contribution in [0.1, 0.15) is 41.6 Å². The van der Waals surface area contributed by atoms with Gasteiger partial charge in [0.1, 0.15) is 5.75 Å². The molecule has 0 aliphatic heterocycles. The standard InChI is InChI=1S/C21H26ClN3O2/c1-27-20-12-19(18(22)11-17(20)21(23)26)25-16-9-7-15(8-10-16)24-13-14-5-3-2-4-6-14/h2-6,11-12,15-16,24-25H,7-10,13H2,1H3,(H2,23,26)/t15-,16-. The highest BCUT2D eigenvalue weighted by molar-refractivity contribution is 6.33. The third kappa shape index (κ3) is 5.15. The molecule has 1 aliphatic rings. The molecule has 1 saturated carbocycles. The first-order valence-corrected chi connectivity index (χ1v) is 9.65. The van der Waals surface area contributed by atoms with Gasteiger partial charge in [-0.1, -0.05) is 41.9 Å². The molecule has 0 radical (unpaired) electrons. The highest BCUT2D eigenvalue weighted by atomic mass is 35.5. The van der Waals surface area contributed by atoms with Gasteiger partial charge >= 0.3 is 0 Å². The summed E-state index contributed by atoms with van der Waals surface area (Å²) < 4.78 is 5.27. The summed E-state index contributed by atoms with van der Waals surface area (Å²) >= 11 is 6.33. The fraction of sp³-hybridized carbons (Fsp3) is 0.381. The van der Waals surface area contributed by atoms with Crippen molar-refractivity contribution in [3.8, 4) is 5.75 Å². The summed E-state index contributed by atoms with van der Waals surface area (Å²) in [7, 11) is 1.52. The van der Waals surface area contributed by atoms with Gasteiger partial charge in [-0.05, 0) is 37.3 Å².